The number of aromatic nitrogens is 7. The summed E-state index contributed by atoms with van der Waals surface area (Å²) in [5.41, 5.74) is 2.43. The smallest absolute Gasteiger partial charge is 0.240 e. The predicted octanol–water partition coefficient (Wildman–Crippen LogP) is 0.928. The molecular formula is C16H14N8O. The largest absolute Gasteiger partial charge is 0.347 e. The Morgan fingerprint density at radius 2 is 2.12 bits per heavy atom. The Morgan fingerprint density at radius 3 is 3.00 bits per heavy atom. The van der Waals surface area contributed by atoms with Crippen LogP contribution in [0.2, 0.25) is 0 Å². The number of hydrogen-bond donors (Lipinski definition) is 2. The van der Waals surface area contributed by atoms with Gasteiger partial charge in [0.25, 0.3) is 0 Å². The van der Waals surface area contributed by atoms with Gasteiger partial charge in [0, 0.05) is 24.2 Å². The molecule has 0 radical (unpaired) electrons. The summed E-state index contributed by atoms with van der Waals surface area (Å²) in [5.74, 6) is 0.968. The molecule has 0 saturated heterocycles. The molecule has 1 amide bonds. The maximum atomic E-state index is 12.2. The standard InChI is InChI=1S/C16H14N8O/c25-15(9-24-10-20-12-3-5-18-7-13(12)24)19-8-14-21-16(23-22-14)11-2-1-4-17-6-11/h1-7,10H,8-9H2,(H,19,25)(H,21,22,23). The van der Waals surface area contributed by atoms with Gasteiger partial charge in [-0.25, -0.2) is 9.97 Å². The number of H-pyrrole nitrogens is 1. The molecule has 4 aromatic rings. The van der Waals surface area contributed by atoms with Gasteiger partial charge in [-0.05, 0) is 18.2 Å². The fourth-order valence-corrected chi connectivity index (χ4v) is 2.42. The van der Waals surface area contributed by atoms with Gasteiger partial charge in [0.1, 0.15) is 12.4 Å². The number of pyridine rings is 2. The van der Waals surface area contributed by atoms with E-state index >= 15 is 0 Å². The third-order valence-corrected chi connectivity index (χ3v) is 3.64. The molecule has 4 rings (SSSR count). The zero-order valence-electron chi connectivity index (χ0n) is 13.1. The van der Waals surface area contributed by atoms with Crippen LogP contribution in [0.5, 0.6) is 0 Å². The lowest BCUT2D eigenvalue weighted by Crippen LogP contribution is -2.27. The van der Waals surface area contributed by atoms with E-state index in [0.717, 1.165) is 16.6 Å². The van der Waals surface area contributed by atoms with Gasteiger partial charge >= 0.3 is 0 Å². The van der Waals surface area contributed by atoms with E-state index in [1.54, 1.807) is 41.7 Å². The molecule has 0 saturated carbocycles. The van der Waals surface area contributed by atoms with Crippen molar-refractivity contribution in [2.75, 3.05) is 0 Å². The SMILES string of the molecule is O=C(Cn1cnc2ccncc21)NCc1nc(-c2cccnc2)n[nH]1. The number of imidazole rings is 1. The molecule has 9 nitrogen and oxygen atoms in total. The van der Waals surface area contributed by atoms with E-state index in [2.05, 4.69) is 35.5 Å². The van der Waals surface area contributed by atoms with Crippen LogP contribution in [0.4, 0.5) is 0 Å². The Labute approximate surface area is 142 Å². The summed E-state index contributed by atoms with van der Waals surface area (Å²) < 4.78 is 1.75. The van der Waals surface area contributed by atoms with Crippen molar-refractivity contribution in [2.24, 2.45) is 0 Å². The molecule has 0 aliphatic carbocycles. The van der Waals surface area contributed by atoms with Crippen LogP contribution in [0.3, 0.4) is 0 Å². The average Bonchev–Trinajstić information content (AvgIpc) is 3.28. The second kappa shape index (κ2) is 6.48. The second-order valence-corrected chi connectivity index (χ2v) is 5.36. The molecule has 0 bridgehead atoms. The topological polar surface area (TPSA) is 114 Å². The highest BCUT2D eigenvalue weighted by atomic mass is 16.1. The lowest BCUT2D eigenvalue weighted by atomic mass is 10.3. The summed E-state index contributed by atoms with van der Waals surface area (Å²) >= 11 is 0. The van der Waals surface area contributed by atoms with Gasteiger partial charge in [-0.2, -0.15) is 5.10 Å². The molecule has 25 heavy (non-hydrogen) atoms. The molecular weight excluding hydrogens is 320 g/mol. The monoisotopic (exact) mass is 334 g/mol. The number of amides is 1. The number of aromatic amines is 1. The first-order valence-corrected chi connectivity index (χ1v) is 7.63. The molecule has 0 spiro atoms. The van der Waals surface area contributed by atoms with E-state index in [1.165, 1.54) is 0 Å². The fraction of sp³-hybridized carbons (Fsp3) is 0.125. The third kappa shape index (κ3) is 3.20. The van der Waals surface area contributed by atoms with Crippen LogP contribution < -0.4 is 5.32 Å². The Hall–Kier alpha value is -3.62. The zero-order valence-corrected chi connectivity index (χ0v) is 13.1. The molecule has 0 aliphatic rings. The summed E-state index contributed by atoms with van der Waals surface area (Å²) in [6.07, 6.45) is 8.35. The van der Waals surface area contributed by atoms with Crippen LogP contribution in [-0.4, -0.2) is 40.6 Å². The Morgan fingerprint density at radius 1 is 1.20 bits per heavy atom. The van der Waals surface area contributed by atoms with E-state index in [9.17, 15) is 4.79 Å². The van der Waals surface area contributed by atoms with Crippen LogP contribution >= 0.6 is 0 Å². The number of carbonyl (C=O) groups excluding carboxylic acids is 1. The zero-order chi connectivity index (χ0) is 17.1. The number of nitrogens with zero attached hydrogens (tertiary/aromatic N) is 6. The van der Waals surface area contributed by atoms with E-state index in [1.807, 2.05) is 12.1 Å². The highest BCUT2D eigenvalue weighted by Gasteiger charge is 2.09. The van der Waals surface area contributed by atoms with Gasteiger partial charge < -0.3 is 9.88 Å². The highest BCUT2D eigenvalue weighted by Crippen LogP contribution is 2.12. The molecule has 0 unspecified atom stereocenters. The Bertz CT molecular complexity index is 1010. The molecule has 0 fully saturated rings. The summed E-state index contributed by atoms with van der Waals surface area (Å²) in [5, 5.41) is 9.75. The molecule has 0 aliphatic heterocycles. The first kappa shape index (κ1) is 14.9. The van der Waals surface area contributed by atoms with Crippen LogP contribution in [0.25, 0.3) is 22.4 Å². The maximum Gasteiger partial charge on any atom is 0.240 e. The lowest BCUT2D eigenvalue weighted by Gasteiger charge is -2.04. The van der Waals surface area contributed by atoms with Crippen LogP contribution in [0, 0.1) is 0 Å². The van der Waals surface area contributed by atoms with Crippen LogP contribution in [-0.2, 0) is 17.9 Å². The van der Waals surface area contributed by atoms with Crippen molar-refractivity contribution in [3.8, 4) is 11.4 Å². The van der Waals surface area contributed by atoms with Crippen molar-refractivity contribution >= 4 is 16.9 Å². The van der Waals surface area contributed by atoms with Crippen molar-refractivity contribution in [3.05, 3.63) is 55.1 Å². The van der Waals surface area contributed by atoms with E-state index < -0.39 is 0 Å². The van der Waals surface area contributed by atoms with Gasteiger partial charge in [0.05, 0.1) is 30.1 Å². The van der Waals surface area contributed by atoms with E-state index in [4.69, 9.17) is 0 Å². The summed E-state index contributed by atoms with van der Waals surface area (Å²) in [6.45, 7) is 0.419. The van der Waals surface area contributed by atoms with Crippen molar-refractivity contribution in [1.82, 2.24) is 40.0 Å². The van der Waals surface area contributed by atoms with Gasteiger partial charge in [-0.3, -0.25) is 19.9 Å². The summed E-state index contributed by atoms with van der Waals surface area (Å²) in [6, 6.07) is 5.49. The molecule has 124 valence electrons. The molecule has 0 aromatic carbocycles. The minimum atomic E-state index is -0.150. The molecule has 2 N–H and O–H groups in total. The number of nitrogens with one attached hydrogen (secondary N) is 2. The molecule has 0 atom stereocenters. The average molecular weight is 334 g/mol. The fourth-order valence-electron chi connectivity index (χ4n) is 2.42. The van der Waals surface area contributed by atoms with Crippen molar-refractivity contribution < 1.29 is 4.79 Å². The number of carbonyl (C=O) groups is 1. The molecule has 9 heteroatoms. The van der Waals surface area contributed by atoms with Crippen molar-refractivity contribution in [1.29, 1.82) is 0 Å². The summed E-state index contributed by atoms with van der Waals surface area (Å²) in [4.78, 5) is 28.8. The predicted molar refractivity (Wildman–Crippen MR) is 89.0 cm³/mol. The Balaban J connectivity index is 1.38. The summed E-state index contributed by atoms with van der Waals surface area (Å²) in [7, 11) is 0. The van der Waals surface area contributed by atoms with E-state index in [0.29, 0.717) is 11.6 Å². The second-order valence-electron chi connectivity index (χ2n) is 5.36. The van der Waals surface area contributed by atoms with Crippen LogP contribution in [0.1, 0.15) is 5.82 Å². The minimum absolute atomic E-state index is 0.150. The number of fused-ring (bicyclic) bond motifs is 1. The number of hydrogen-bond acceptors (Lipinski definition) is 6. The van der Waals surface area contributed by atoms with Crippen LogP contribution in [0.15, 0.2) is 49.3 Å². The van der Waals surface area contributed by atoms with Gasteiger partial charge in [0.2, 0.25) is 5.91 Å². The van der Waals surface area contributed by atoms with Crippen molar-refractivity contribution in [3.63, 3.8) is 0 Å². The number of rotatable bonds is 5. The van der Waals surface area contributed by atoms with Gasteiger partial charge in [0.15, 0.2) is 5.82 Å². The lowest BCUT2D eigenvalue weighted by molar-refractivity contribution is -0.121. The quantitative estimate of drug-likeness (QED) is 0.561. The van der Waals surface area contributed by atoms with E-state index in [-0.39, 0.29) is 19.0 Å². The van der Waals surface area contributed by atoms with Crippen molar-refractivity contribution in [2.45, 2.75) is 13.1 Å². The molecule has 4 heterocycles. The Kier molecular flexibility index (Phi) is 3.87. The molecule has 4 aromatic heterocycles. The minimum Gasteiger partial charge on any atom is -0.347 e. The van der Waals surface area contributed by atoms with Gasteiger partial charge in [-0.1, -0.05) is 0 Å². The highest BCUT2D eigenvalue weighted by molar-refractivity contribution is 5.79. The normalized spacial score (nSPS) is 10.9. The van der Waals surface area contributed by atoms with Gasteiger partial charge in [-0.15, -0.1) is 0 Å². The maximum absolute atomic E-state index is 12.2. The third-order valence-electron chi connectivity index (χ3n) is 3.64. The first-order chi connectivity index (χ1) is 12.3. The first-order valence-electron chi connectivity index (χ1n) is 7.63.